The zero-order valence-corrected chi connectivity index (χ0v) is 21.2. The van der Waals surface area contributed by atoms with E-state index in [0.29, 0.717) is 12.8 Å². The van der Waals surface area contributed by atoms with Gasteiger partial charge in [0.1, 0.15) is 10.5 Å². The number of carbonyl (C=O) groups excluding carboxylic acids is 1. The number of nitrogens with one attached hydrogen (secondary N) is 1. The summed E-state index contributed by atoms with van der Waals surface area (Å²) in [5.41, 5.74) is 1.29. The summed E-state index contributed by atoms with van der Waals surface area (Å²) in [6.07, 6.45) is 1.00. The molecule has 0 bridgehead atoms. The summed E-state index contributed by atoms with van der Waals surface area (Å²) in [5, 5.41) is 25.0. The van der Waals surface area contributed by atoms with Gasteiger partial charge in [-0.1, -0.05) is 60.7 Å². The molecule has 3 rings (SSSR count). The molecule has 3 aromatic rings. The van der Waals surface area contributed by atoms with Gasteiger partial charge < -0.3 is 19.6 Å². The van der Waals surface area contributed by atoms with Crippen molar-refractivity contribution < 1.29 is 24.0 Å². The third-order valence-corrected chi connectivity index (χ3v) is 5.50. The molecule has 0 radical (unpaired) electrons. The van der Waals surface area contributed by atoms with Crippen molar-refractivity contribution in [2.75, 3.05) is 0 Å². The molecule has 196 valence electrons. The monoisotopic (exact) mass is 507 g/mol. The number of furan rings is 1. The molecular weight excluding hydrogens is 474 g/mol. The number of alkyl carbamates (subject to hydrolysis) is 1. The first kappa shape index (κ1) is 27.6. The van der Waals surface area contributed by atoms with Crippen molar-refractivity contribution >= 4 is 18.2 Å². The first-order valence-corrected chi connectivity index (χ1v) is 12.1. The van der Waals surface area contributed by atoms with Crippen molar-refractivity contribution in [2.45, 2.75) is 63.8 Å². The fourth-order valence-electron chi connectivity index (χ4n) is 3.82. The van der Waals surface area contributed by atoms with Crippen LogP contribution >= 0.6 is 0 Å². The van der Waals surface area contributed by atoms with Crippen molar-refractivity contribution in [2.24, 2.45) is 4.99 Å². The summed E-state index contributed by atoms with van der Waals surface area (Å²) in [5.74, 6) is -0.127. The molecule has 0 spiro atoms. The molecule has 37 heavy (non-hydrogen) atoms. The highest BCUT2D eigenvalue weighted by molar-refractivity contribution is 5.76. The van der Waals surface area contributed by atoms with E-state index in [1.54, 1.807) is 20.8 Å². The molecule has 1 aromatic heterocycles. The van der Waals surface area contributed by atoms with E-state index in [2.05, 4.69) is 10.3 Å². The number of nitro groups is 1. The molecular formula is C28H33N3O6. The highest BCUT2D eigenvalue weighted by Gasteiger charge is 2.27. The summed E-state index contributed by atoms with van der Waals surface area (Å²) in [4.78, 5) is 27.5. The Kier molecular flexibility index (Phi) is 9.57. The number of hydrogen-bond donors (Lipinski definition) is 2. The van der Waals surface area contributed by atoms with Gasteiger partial charge in [-0.05, 0) is 57.2 Å². The predicted molar refractivity (Wildman–Crippen MR) is 141 cm³/mol. The standard InChI is InChI=1S/C28H33N3O6/c1-28(2,3)37-27(33)30-24(17-21-12-8-5-9-13-21)25(32)18-22(16-20-10-6-4-7-11-20)29-19-23-14-15-26(36-23)31(34)35/h4-15,19,22,24-25,32H,16-18H2,1-3H3,(H,30,33)/t22-,24-,25+/m0/s1. The smallest absolute Gasteiger partial charge is 0.433 e. The van der Waals surface area contributed by atoms with Crippen LogP contribution in [0.25, 0.3) is 0 Å². The van der Waals surface area contributed by atoms with E-state index in [1.807, 2.05) is 60.7 Å². The summed E-state index contributed by atoms with van der Waals surface area (Å²) in [6.45, 7) is 5.33. The SMILES string of the molecule is CC(C)(C)OC(=O)N[C@@H](Cc1ccccc1)[C@H](O)C[C@H](Cc1ccccc1)N=Cc1ccc([N+](=O)[O-])o1. The van der Waals surface area contributed by atoms with Crippen LogP contribution in [0.15, 0.2) is 82.2 Å². The van der Waals surface area contributed by atoms with Crippen LogP contribution in [-0.2, 0) is 17.6 Å². The van der Waals surface area contributed by atoms with Crippen molar-refractivity contribution in [1.29, 1.82) is 0 Å². The Morgan fingerprint density at radius 1 is 1.05 bits per heavy atom. The molecule has 9 nitrogen and oxygen atoms in total. The number of rotatable bonds is 11. The Balaban J connectivity index is 1.80. The van der Waals surface area contributed by atoms with Gasteiger partial charge in [-0.15, -0.1) is 0 Å². The minimum absolute atomic E-state index is 0.224. The minimum atomic E-state index is -0.954. The van der Waals surface area contributed by atoms with E-state index >= 15 is 0 Å². The molecule has 9 heteroatoms. The van der Waals surface area contributed by atoms with Crippen LogP contribution in [0, 0.1) is 10.1 Å². The Morgan fingerprint density at radius 2 is 1.65 bits per heavy atom. The van der Waals surface area contributed by atoms with Crippen molar-refractivity contribution in [3.8, 4) is 0 Å². The van der Waals surface area contributed by atoms with Crippen LogP contribution in [0.5, 0.6) is 0 Å². The van der Waals surface area contributed by atoms with E-state index in [-0.39, 0.29) is 24.1 Å². The van der Waals surface area contributed by atoms with Gasteiger partial charge in [0.2, 0.25) is 0 Å². The molecule has 0 saturated carbocycles. The third-order valence-electron chi connectivity index (χ3n) is 5.50. The summed E-state index contributed by atoms with van der Waals surface area (Å²) in [7, 11) is 0. The van der Waals surface area contributed by atoms with Crippen molar-refractivity contribution in [3.05, 3.63) is 99.8 Å². The molecule has 0 aliphatic heterocycles. The van der Waals surface area contributed by atoms with Gasteiger partial charge in [0, 0.05) is 0 Å². The number of benzene rings is 2. The largest absolute Gasteiger partial charge is 0.444 e. The van der Waals surface area contributed by atoms with Crippen LogP contribution in [0.2, 0.25) is 0 Å². The normalized spacial score (nSPS) is 14.2. The lowest BCUT2D eigenvalue weighted by atomic mass is 9.94. The summed E-state index contributed by atoms with van der Waals surface area (Å²) < 4.78 is 10.6. The van der Waals surface area contributed by atoms with Gasteiger partial charge in [0.05, 0.1) is 30.5 Å². The van der Waals surface area contributed by atoms with Gasteiger partial charge >= 0.3 is 12.0 Å². The van der Waals surface area contributed by atoms with Gasteiger partial charge in [0.25, 0.3) is 0 Å². The zero-order valence-electron chi connectivity index (χ0n) is 21.2. The molecule has 3 atom stereocenters. The number of aliphatic hydroxyl groups is 1. The van der Waals surface area contributed by atoms with Crippen LogP contribution in [0.3, 0.4) is 0 Å². The van der Waals surface area contributed by atoms with E-state index in [9.17, 15) is 20.0 Å². The molecule has 0 unspecified atom stereocenters. The quantitative estimate of drug-likeness (QED) is 0.211. The van der Waals surface area contributed by atoms with E-state index in [0.717, 1.165) is 11.1 Å². The molecule has 0 aliphatic rings. The minimum Gasteiger partial charge on any atom is -0.444 e. The average Bonchev–Trinajstić information content (AvgIpc) is 3.32. The van der Waals surface area contributed by atoms with E-state index in [1.165, 1.54) is 18.3 Å². The first-order valence-electron chi connectivity index (χ1n) is 12.1. The number of aliphatic hydroxyl groups excluding tert-OH is 1. The molecule has 2 N–H and O–H groups in total. The number of ether oxygens (including phenoxy) is 1. The molecule has 1 amide bonds. The Labute approximate surface area is 216 Å². The predicted octanol–water partition coefficient (Wildman–Crippen LogP) is 5.11. The van der Waals surface area contributed by atoms with Crippen LogP contribution in [0.4, 0.5) is 10.7 Å². The number of amides is 1. The fraction of sp³-hybridized carbons (Fsp3) is 0.357. The second-order valence-corrected chi connectivity index (χ2v) is 9.80. The molecule has 2 aromatic carbocycles. The first-order chi connectivity index (χ1) is 17.6. The Morgan fingerprint density at radius 3 is 2.19 bits per heavy atom. The maximum Gasteiger partial charge on any atom is 0.433 e. The molecule has 1 heterocycles. The average molecular weight is 508 g/mol. The van der Waals surface area contributed by atoms with Crippen LogP contribution in [0.1, 0.15) is 44.1 Å². The number of hydrogen-bond acceptors (Lipinski definition) is 7. The molecule has 0 fully saturated rings. The number of carbonyl (C=O) groups is 1. The topological polar surface area (TPSA) is 127 Å². The summed E-state index contributed by atoms with van der Waals surface area (Å²) >= 11 is 0. The van der Waals surface area contributed by atoms with Gasteiger partial charge in [0.15, 0.2) is 5.76 Å². The second-order valence-electron chi connectivity index (χ2n) is 9.80. The van der Waals surface area contributed by atoms with Crippen molar-refractivity contribution in [3.63, 3.8) is 0 Å². The maximum absolute atomic E-state index is 12.6. The highest BCUT2D eigenvalue weighted by Crippen LogP contribution is 2.18. The highest BCUT2D eigenvalue weighted by atomic mass is 16.6. The van der Waals surface area contributed by atoms with Gasteiger partial charge in [-0.3, -0.25) is 15.1 Å². The third kappa shape index (κ3) is 9.53. The second kappa shape index (κ2) is 12.8. The maximum atomic E-state index is 12.6. The van der Waals surface area contributed by atoms with Crippen LogP contribution in [-0.4, -0.2) is 46.1 Å². The number of aliphatic imine (C=N–C) groups is 1. The zero-order chi connectivity index (χ0) is 26.8. The Bertz CT molecular complexity index is 1170. The Hall–Kier alpha value is -3.98. The van der Waals surface area contributed by atoms with Crippen molar-refractivity contribution in [1.82, 2.24) is 5.32 Å². The van der Waals surface area contributed by atoms with Gasteiger partial charge in [-0.2, -0.15) is 0 Å². The number of nitrogens with zero attached hydrogens (tertiary/aromatic N) is 2. The van der Waals surface area contributed by atoms with E-state index in [4.69, 9.17) is 9.15 Å². The van der Waals surface area contributed by atoms with Gasteiger partial charge in [-0.25, -0.2) is 4.79 Å². The fourth-order valence-corrected chi connectivity index (χ4v) is 3.82. The molecule has 0 aliphatic carbocycles. The lowest BCUT2D eigenvalue weighted by molar-refractivity contribution is -0.402. The lowest BCUT2D eigenvalue weighted by Gasteiger charge is -2.28. The van der Waals surface area contributed by atoms with E-state index < -0.39 is 28.8 Å². The van der Waals surface area contributed by atoms with Crippen LogP contribution < -0.4 is 5.32 Å². The molecule has 0 saturated heterocycles. The summed E-state index contributed by atoms with van der Waals surface area (Å²) in [6, 6.07) is 21.0. The lowest BCUT2D eigenvalue weighted by Crippen LogP contribution is -2.47.